The van der Waals surface area contributed by atoms with E-state index in [0.717, 1.165) is 30.5 Å². The van der Waals surface area contributed by atoms with Crippen molar-refractivity contribution < 1.29 is 24.9 Å². The van der Waals surface area contributed by atoms with Gasteiger partial charge in [0, 0.05) is 11.3 Å². The maximum Gasteiger partial charge on any atom is 0.223 e. The van der Waals surface area contributed by atoms with E-state index < -0.39 is 23.5 Å². The van der Waals surface area contributed by atoms with Crippen LogP contribution in [0, 0.1) is 17.3 Å². The van der Waals surface area contributed by atoms with Crippen LogP contribution in [0.1, 0.15) is 84.3 Å². The van der Waals surface area contributed by atoms with Crippen molar-refractivity contribution >= 4 is 29.1 Å². The molecule has 0 radical (unpaired) electrons. The zero-order valence-electron chi connectivity index (χ0n) is 21.9. The Morgan fingerprint density at radius 2 is 1.97 bits per heavy atom. The summed E-state index contributed by atoms with van der Waals surface area (Å²) in [6, 6.07) is -0.296. The summed E-state index contributed by atoms with van der Waals surface area (Å²) in [4.78, 5) is 30.5. The van der Waals surface area contributed by atoms with Crippen molar-refractivity contribution in [3.8, 4) is 0 Å². The quantitative estimate of drug-likeness (QED) is 0.460. The predicted octanol–water partition coefficient (Wildman–Crippen LogP) is 4.02. The minimum absolute atomic E-state index is 0.0502. The molecule has 1 amide bonds. The van der Waals surface area contributed by atoms with Gasteiger partial charge in [-0.3, -0.25) is 9.59 Å². The first-order valence-electron chi connectivity index (χ1n) is 12.5. The van der Waals surface area contributed by atoms with Crippen LogP contribution in [-0.4, -0.2) is 50.2 Å². The average molecular weight is 507 g/mol. The van der Waals surface area contributed by atoms with Crippen LogP contribution in [-0.2, 0) is 16.2 Å². The molecule has 1 aromatic heterocycles. The van der Waals surface area contributed by atoms with Crippen molar-refractivity contribution in [2.24, 2.45) is 17.3 Å². The Labute approximate surface area is 213 Å². The van der Waals surface area contributed by atoms with Crippen LogP contribution in [0.15, 0.2) is 22.6 Å². The van der Waals surface area contributed by atoms with Gasteiger partial charge in [0.25, 0.3) is 0 Å². The predicted molar refractivity (Wildman–Crippen MR) is 140 cm³/mol. The smallest absolute Gasteiger partial charge is 0.223 e. The third kappa shape index (κ3) is 8.07. The average Bonchev–Trinajstić information content (AvgIpc) is 3.26. The van der Waals surface area contributed by atoms with E-state index in [0.29, 0.717) is 11.4 Å². The van der Waals surface area contributed by atoms with Gasteiger partial charge in [-0.1, -0.05) is 39.3 Å². The first-order chi connectivity index (χ1) is 16.4. The van der Waals surface area contributed by atoms with Crippen LogP contribution in [0.5, 0.6) is 0 Å². The summed E-state index contributed by atoms with van der Waals surface area (Å²) in [6.07, 6.45) is 4.98. The van der Waals surface area contributed by atoms with Crippen molar-refractivity contribution in [1.82, 2.24) is 10.3 Å². The van der Waals surface area contributed by atoms with Gasteiger partial charge in [0.05, 0.1) is 42.4 Å². The van der Waals surface area contributed by atoms with Crippen molar-refractivity contribution in [3.63, 3.8) is 0 Å². The minimum Gasteiger partial charge on any atom is -0.392 e. The number of hydrogen-bond donors (Lipinski definition) is 4. The molecular formula is C27H42N2O5S. The SMILES string of the molecule is C/C1=C/C[C@@H](/C(C)=C/c2csc(CO)n2)NC(=O)C[C@H](O)C(C)(C)C(=O)[C@H](C)[C@@H](O)[C@@H](C)CCC1. The number of rotatable bonds is 3. The fourth-order valence-electron chi connectivity index (χ4n) is 4.53. The molecule has 1 aliphatic rings. The number of nitrogens with zero attached hydrogens (tertiary/aromatic N) is 1. The molecule has 2 heterocycles. The normalized spacial score (nSPS) is 31.5. The summed E-state index contributed by atoms with van der Waals surface area (Å²) in [7, 11) is 0. The molecule has 1 aromatic rings. The maximum atomic E-state index is 13.2. The molecule has 196 valence electrons. The highest BCUT2D eigenvalue weighted by molar-refractivity contribution is 7.09. The molecule has 0 spiro atoms. The van der Waals surface area contributed by atoms with Crippen molar-refractivity contribution in [1.29, 1.82) is 0 Å². The Hall–Kier alpha value is -1.87. The molecule has 5 atom stereocenters. The molecule has 35 heavy (non-hydrogen) atoms. The fourth-order valence-corrected chi connectivity index (χ4v) is 5.14. The standard InChI is InChI=1S/C27H42N2O5S/c1-16-8-7-9-17(2)25(33)19(4)26(34)27(5,6)22(31)13-23(32)29-21(11-10-16)18(3)12-20-15-35-24(14-30)28-20/h10,12,15,17,19,21-22,25,30-31,33H,7-9,11,13-14H2,1-6H3,(H,29,32)/b16-10-,18-12+/t17-,19+,21-,22-,25-/m0/s1. The Bertz CT molecular complexity index is 936. The third-order valence-corrected chi connectivity index (χ3v) is 8.11. The summed E-state index contributed by atoms with van der Waals surface area (Å²) >= 11 is 1.38. The summed E-state index contributed by atoms with van der Waals surface area (Å²) in [5, 5.41) is 36.5. The lowest BCUT2D eigenvalue weighted by Gasteiger charge is -2.34. The lowest BCUT2D eigenvalue weighted by molar-refractivity contribution is -0.143. The number of aromatic nitrogens is 1. The van der Waals surface area contributed by atoms with Gasteiger partial charge in [0.2, 0.25) is 5.91 Å². The molecule has 8 heteroatoms. The Kier molecular flexibility index (Phi) is 10.8. The number of Topliss-reactive ketones (excluding diaryl/α,β-unsaturated/α-hetero) is 1. The van der Waals surface area contributed by atoms with Crippen LogP contribution >= 0.6 is 11.3 Å². The molecule has 0 aliphatic carbocycles. The number of aliphatic hydroxyl groups is 3. The molecule has 7 nitrogen and oxygen atoms in total. The van der Waals surface area contributed by atoms with Gasteiger partial charge in [-0.05, 0) is 57.1 Å². The molecule has 0 fully saturated rings. The van der Waals surface area contributed by atoms with Crippen LogP contribution in [0.25, 0.3) is 6.08 Å². The summed E-state index contributed by atoms with van der Waals surface area (Å²) < 4.78 is 0. The molecule has 0 bridgehead atoms. The highest BCUT2D eigenvalue weighted by Gasteiger charge is 2.42. The molecule has 0 saturated carbocycles. The Morgan fingerprint density at radius 1 is 1.29 bits per heavy atom. The summed E-state index contributed by atoms with van der Waals surface area (Å²) in [5.41, 5.74) is 1.67. The number of allylic oxidation sites excluding steroid dienone is 1. The van der Waals surface area contributed by atoms with Crippen LogP contribution < -0.4 is 5.32 Å². The lowest BCUT2D eigenvalue weighted by atomic mass is 9.73. The van der Waals surface area contributed by atoms with Gasteiger partial charge >= 0.3 is 0 Å². The van der Waals surface area contributed by atoms with Gasteiger partial charge in [-0.15, -0.1) is 11.3 Å². The lowest BCUT2D eigenvalue weighted by Crippen LogP contribution is -2.47. The molecule has 0 aromatic carbocycles. The first-order valence-corrected chi connectivity index (χ1v) is 13.3. The summed E-state index contributed by atoms with van der Waals surface area (Å²) in [5.74, 6) is -1.27. The molecule has 0 unspecified atom stereocenters. The number of ketones is 1. The monoisotopic (exact) mass is 506 g/mol. The highest BCUT2D eigenvalue weighted by atomic mass is 32.1. The number of amides is 1. The van der Waals surface area contributed by atoms with Gasteiger partial charge in [0.1, 0.15) is 10.8 Å². The van der Waals surface area contributed by atoms with E-state index in [1.807, 2.05) is 25.3 Å². The van der Waals surface area contributed by atoms with E-state index in [9.17, 15) is 24.9 Å². The Morgan fingerprint density at radius 3 is 2.60 bits per heavy atom. The molecular weight excluding hydrogens is 464 g/mol. The van der Waals surface area contributed by atoms with E-state index in [-0.39, 0.29) is 36.7 Å². The zero-order valence-corrected chi connectivity index (χ0v) is 22.7. The number of carbonyl (C=O) groups excluding carboxylic acids is 2. The molecule has 2 rings (SSSR count). The fraction of sp³-hybridized carbons (Fsp3) is 0.667. The third-order valence-electron chi connectivity index (χ3n) is 7.25. The number of carbonyl (C=O) groups is 2. The van der Waals surface area contributed by atoms with Crippen LogP contribution in [0.2, 0.25) is 0 Å². The highest BCUT2D eigenvalue weighted by Crippen LogP contribution is 2.32. The van der Waals surface area contributed by atoms with E-state index in [1.165, 1.54) is 16.9 Å². The van der Waals surface area contributed by atoms with Gasteiger partial charge < -0.3 is 20.6 Å². The van der Waals surface area contributed by atoms with E-state index in [4.69, 9.17) is 0 Å². The van der Waals surface area contributed by atoms with Crippen molar-refractivity contribution in [2.75, 3.05) is 0 Å². The zero-order chi connectivity index (χ0) is 26.3. The minimum atomic E-state index is -1.18. The second kappa shape index (κ2) is 12.9. The molecule has 1 aliphatic heterocycles. The van der Waals surface area contributed by atoms with Crippen molar-refractivity contribution in [2.45, 2.75) is 98.5 Å². The molecule has 0 saturated heterocycles. The van der Waals surface area contributed by atoms with Gasteiger partial charge in [-0.25, -0.2) is 4.98 Å². The van der Waals surface area contributed by atoms with E-state index >= 15 is 0 Å². The van der Waals surface area contributed by atoms with E-state index in [2.05, 4.69) is 23.3 Å². The number of hydrogen-bond acceptors (Lipinski definition) is 7. The summed E-state index contributed by atoms with van der Waals surface area (Å²) in [6.45, 7) is 10.8. The van der Waals surface area contributed by atoms with E-state index in [1.54, 1.807) is 20.8 Å². The topological polar surface area (TPSA) is 120 Å². The first kappa shape index (κ1) is 29.4. The van der Waals surface area contributed by atoms with Gasteiger partial charge in [0.15, 0.2) is 0 Å². The Balaban J connectivity index is 2.33. The second-order valence-electron chi connectivity index (χ2n) is 10.6. The van der Waals surface area contributed by atoms with Gasteiger partial charge in [-0.2, -0.15) is 0 Å². The van der Waals surface area contributed by atoms with Crippen molar-refractivity contribution in [3.05, 3.63) is 33.3 Å². The number of thiazole rings is 1. The molecule has 4 N–H and O–H groups in total. The maximum absolute atomic E-state index is 13.2. The second-order valence-corrected chi connectivity index (χ2v) is 11.5. The largest absolute Gasteiger partial charge is 0.392 e. The number of nitrogens with one attached hydrogen (secondary N) is 1. The van der Waals surface area contributed by atoms with Crippen LogP contribution in [0.4, 0.5) is 0 Å². The van der Waals surface area contributed by atoms with Crippen LogP contribution in [0.3, 0.4) is 0 Å². The number of aliphatic hydroxyl groups excluding tert-OH is 3.